The van der Waals surface area contributed by atoms with Crippen molar-refractivity contribution in [1.29, 1.82) is 0 Å². The van der Waals surface area contributed by atoms with Crippen molar-refractivity contribution in [1.82, 2.24) is 0 Å². The summed E-state index contributed by atoms with van der Waals surface area (Å²) in [6.07, 6.45) is -4.51. The lowest BCUT2D eigenvalue weighted by molar-refractivity contribution is -0.137. The topological polar surface area (TPSA) is 0 Å². The largest absolute Gasteiger partial charge is 0.416 e. The molecule has 0 aliphatic rings. The van der Waals surface area contributed by atoms with Crippen LogP contribution in [0.1, 0.15) is 44.5 Å². The van der Waals surface area contributed by atoms with Gasteiger partial charge in [0.15, 0.2) is 0 Å². The van der Waals surface area contributed by atoms with Gasteiger partial charge in [0, 0.05) is 16.2 Å². The summed E-state index contributed by atoms with van der Waals surface area (Å²) in [5, 5.41) is 6.77. The Morgan fingerprint density at radius 1 is 0.412 bits per heavy atom. The number of fused-ring (bicyclic) bond motifs is 2. The summed E-state index contributed by atoms with van der Waals surface area (Å²) in [4.78, 5) is 0. The molecule has 51 heavy (non-hydrogen) atoms. The van der Waals surface area contributed by atoms with E-state index in [0.29, 0.717) is 11.1 Å². The van der Waals surface area contributed by atoms with E-state index in [1.165, 1.54) is 44.5 Å². The second-order valence-electron chi connectivity index (χ2n) is 13.8. The highest BCUT2D eigenvalue weighted by Crippen LogP contribution is 2.43. The summed E-state index contributed by atoms with van der Waals surface area (Å²) >= 11 is 0. The van der Waals surface area contributed by atoms with E-state index in [0.717, 1.165) is 76.7 Å². The highest BCUT2D eigenvalue weighted by atomic mass is 31.7. The van der Waals surface area contributed by atoms with Gasteiger partial charge >= 0.3 is 6.18 Å². The molecule has 0 spiro atoms. The Morgan fingerprint density at radius 3 is 1.43 bits per heavy atom. The molecule has 0 fully saturated rings. The van der Waals surface area contributed by atoms with Crippen molar-refractivity contribution in [2.75, 3.05) is 0 Å². The molecule has 0 unspecified atom stereocenters. The second-order valence-corrected chi connectivity index (χ2v) is 16.3. The smallest absolute Gasteiger partial charge is 0.166 e. The summed E-state index contributed by atoms with van der Waals surface area (Å²) in [7, 11) is 1.89. The standard InChI is InChI=1S/C46H39F3P2/c1-26-19-28(3)41(29(4)20-26)39-24-35(46(47,48)49)25-40(42-30(5)21-27(2)22-31(42)6)45(39)51-50-44-32(7)23-34-14-9-11-17-37(34)43(44)38-18-12-15-33-13-8-10-16-36(33)38/h8-25H,1-7H3. The maximum absolute atomic E-state index is 14.9. The number of aryl methyl sites for hydroxylation is 7. The zero-order valence-corrected chi connectivity index (χ0v) is 31.7. The van der Waals surface area contributed by atoms with Gasteiger partial charge in [-0.3, -0.25) is 0 Å². The van der Waals surface area contributed by atoms with Gasteiger partial charge < -0.3 is 0 Å². The van der Waals surface area contributed by atoms with Crippen LogP contribution in [-0.4, -0.2) is 0 Å². The first kappa shape index (κ1) is 34.9. The second kappa shape index (κ2) is 13.5. The first-order chi connectivity index (χ1) is 24.3. The highest BCUT2D eigenvalue weighted by Gasteiger charge is 2.33. The number of halogens is 3. The van der Waals surface area contributed by atoms with Gasteiger partial charge in [-0.25, -0.2) is 0 Å². The molecule has 0 saturated carbocycles. The van der Waals surface area contributed by atoms with Gasteiger partial charge in [0.25, 0.3) is 0 Å². The van der Waals surface area contributed by atoms with Crippen LogP contribution in [0.4, 0.5) is 13.2 Å². The Hall–Kier alpha value is -4.55. The van der Waals surface area contributed by atoms with Gasteiger partial charge in [-0.1, -0.05) is 108 Å². The average molecular weight is 711 g/mol. The van der Waals surface area contributed by atoms with Crippen LogP contribution in [0, 0.1) is 48.5 Å². The van der Waals surface area contributed by atoms with Crippen LogP contribution in [-0.2, 0) is 6.18 Å². The fraction of sp³-hybridized carbons (Fsp3) is 0.174. The number of alkyl halides is 3. The molecule has 7 aromatic rings. The number of hydrogen-bond acceptors (Lipinski definition) is 0. The number of benzene rings is 7. The highest BCUT2D eigenvalue weighted by molar-refractivity contribution is 7.91. The molecule has 7 rings (SSSR count). The Balaban J connectivity index is 1.61. The predicted octanol–water partition coefficient (Wildman–Crippen LogP) is 13.9. The van der Waals surface area contributed by atoms with E-state index < -0.39 is 11.7 Å². The monoisotopic (exact) mass is 710 g/mol. The van der Waals surface area contributed by atoms with Crippen LogP contribution in [0.3, 0.4) is 0 Å². The molecule has 0 bridgehead atoms. The lowest BCUT2D eigenvalue weighted by atomic mass is 9.87. The molecule has 5 heteroatoms. The zero-order valence-electron chi connectivity index (χ0n) is 29.9. The third kappa shape index (κ3) is 6.55. The molecule has 7 aromatic carbocycles. The number of hydrogen-bond donors (Lipinski definition) is 0. The minimum absolute atomic E-state index is 0.625. The minimum atomic E-state index is -4.51. The first-order valence-corrected chi connectivity index (χ1v) is 19.6. The van der Waals surface area contributed by atoms with Crippen LogP contribution in [0.5, 0.6) is 0 Å². The van der Waals surface area contributed by atoms with Gasteiger partial charge in [-0.15, -0.1) is 0 Å². The van der Waals surface area contributed by atoms with Gasteiger partial charge in [0.1, 0.15) is 0 Å². The van der Waals surface area contributed by atoms with Crippen molar-refractivity contribution in [3.05, 3.63) is 154 Å². The lowest BCUT2D eigenvalue weighted by Crippen LogP contribution is -2.13. The maximum Gasteiger partial charge on any atom is 0.416 e. The molecule has 0 heterocycles. The van der Waals surface area contributed by atoms with Crippen molar-refractivity contribution in [3.63, 3.8) is 0 Å². The van der Waals surface area contributed by atoms with Gasteiger partial charge in [0.05, 0.1) is 5.56 Å². The Kier molecular flexibility index (Phi) is 9.26. The maximum atomic E-state index is 14.9. The van der Waals surface area contributed by atoms with Crippen LogP contribution >= 0.6 is 15.7 Å². The Bertz CT molecular complexity index is 2410. The van der Waals surface area contributed by atoms with Gasteiger partial charge in [-0.2, -0.15) is 13.2 Å². The van der Waals surface area contributed by atoms with E-state index in [9.17, 15) is 13.2 Å². The lowest BCUT2D eigenvalue weighted by Gasteiger charge is -2.22. The van der Waals surface area contributed by atoms with E-state index >= 15 is 0 Å². The molecule has 254 valence electrons. The van der Waals surface area contributed by atoms with Crippen LogP contribution in [0.25, 0.3) is 54.9 Å². The summed E-state index contributed by atoms with van der Waals surface area (Å²) in [5.41, 5.74) is 12.0. The first-order valence-electron chi connectivity index (χ1n) is 17.2. The predicted molar refractivity (Wildman–Crippen MR) is 215 cm³/mol. The summed E-state index contributed by atoms with van der Waals surface area (Å²) < 4.78 is 44.6. The zero-order chi connectivity index (χ0) is 36.2. The van der Waals surface area contributed by atoms with E-state index in [-0.39, 0.29) is 0 Å². The molecule has 0 nitrogen and oxygen atoms in total. The SMILES string of the molecule is Cc1cc(C)c(-c2cc(C(F)(F)F)cc(-c3c(C)cc(C)cc3C)c2P=Pc2c(C)cc3ccccc3c2-c2cccc3ccccc23)c(C)c1. The summed E-state index contributed by atoms with van der Waals surface area (Å²) in [6, 6.07) is 36.8. The average Bonchev–Trinajstić information content (AvgIpc) is 3.06. The fourth-order valence-corrected chi connectivity index (χ4v) is 11.3. The molecule has 0 aliphatic carbocycles. The van der Waals surface area contributed by atoms with E-state index in [1.54, 1.807) is 0 Å². The van der Waals surface area contributed by atoms with E-state index in [1.807, 2.05) is 41.5 Å². The minimum Gasteiger partial charge on any atom is -0.166 e. The van der Waals surface area contributed by atoms with Crippen LogP contribution in [0.2, 0.25) is 0 Å². The van der Waals surface area contributed by atoms with Crippen molar-refractivity contribution in [3.8, 4) is 33.4 Å². The van der Waals surface area contributed by atoms with Crippen molar-refractivity contribution < 1.29 is 13.2 Å². The molecule has 0 aromatic heterocycles. The Morgan fingerprint density at radius 2 is 0.882 bits per heavy atom. The van der Waals surface area contributed by atoms with Crippen molar-refractivity contribution in [2.24, 2.45) is 0 Å². The molecular formula is C46H39F3P2. The van der Waals surface area contributed by atoms with E-state index in [4.69, 9.17) is 0 Å². The molecule has 0 radical (unpaired) electrons. The third-order valence-corrected chi connectivity index (χ3v) is 12.9. The van der Waals surface area contributed by atoms with Crippen molar-refractivity contribution in [2.45, 2.75) is 54.6 Å². The Labute approximate surface area is 301 Å². The number of rotatable bonds is 5. The van der Waals surface area contributed by atoms with Gasteiger partial charge in [0.2, 0.25) is 0 Å². The van der Waals surface area contributed by atoms with Gasteiger partial charge in [-0.05, 0) is 154 Å². The molecule has 0 N–H and O–H groups in total. The fourth-order valence-electron chi connectivity index (χ4n) is 7.92. The summed E-state index contributed by atoms with van der Waals surface area (Å²) in [5.74, 6) is 0. The molecule has 0 saturated heterocycles. The molecular weight excluding hydrogens is 671 g/mol. The molecule has 0 atom stereocenters. The summed E-state index contributed by atoms with van der Waals surface area (Å²) in [6.45, 7) is 14.3. The quantitative estimate of drug-likeness (QED) is 0.156. The van der Waals surface area contributed by atoms with Crippen LogP contribution < -0.4 is 10.6 Å². The van der Waals surface area contributed by atoms with Crippen LogP contribution in [0.15, 0.2) is 109 Å². The molecule has 0 amide bonds. The van der Waals surface area contributed by atoms with Crippen molar-refractivity contribution >= 4 is 47.9 Å². The third-order valence-electron chi connectivity index (χ3n) is 9.85. The molecule has 0 aliphatic heterocycles. The normalized spacial score (nSPS) is 12.0. The van der Waals surface area contributed by atoms with E-state index in [2.05, 4.69) is 104 Å².